The fourth-order valence-corrected chi connectivity index (χ4v) is 3.10. The lowest BCUT2D eigenvalue weighted by Gasteiger charge is -2.34. The fourth-order valence-electron chi connectivity index (χ4n) is 2.81. The molecule has 2 aromatic carbocycles. The number of hydrogen-bond acceptors (Lipinski definition) is 3. The molecule has 2 N–H and O–H groups in total. The smallest absolute Gasteiger partial charge is 0.315 e. The van der Waals surface area contributed by atoms with Gasteiger partial charge in [-0.15, -0.1) is 0 Å². The van der Waals surface area contributed by atoms with Crippen molar-refractivity contribution >= 4 is 34.9 Å². The predicted octanol–water partition coefficient (Wildman–Crippen LogP) is 3.70. The maximum Gasteiger partial charge on any atom is 0.315 e. The minimum Gasteiger partial charge on any atom is -0.373 e. The standard InChI is InChI=1S/C19H21Cl2N3O2/c20-17-7-6-15(10-18(17)21)24-8-9-26-16(13-24)12-23-19(25)22-11-14-4-2-1-3-5-14/h1-7,10,16H,8-9,11-13H2,(H2,22,23,25)/t16-/m0/s1. The molecule has 5 nitrogen and oxygen atoms in total. The van der Waals surface area contributed by atoms with E-state index >= 15 is 0 Å². The van der Waals surface area contributed by atoms with E-state index in [1.165, 1.54) is 0 Å². The highest BCUT2D eigenvalue weighted by Crippen LogP contribution is 2.28. The van der Waals surface area contributed by atoms with Crippen LogP contribution in [0.15, 0.2) is 48.5 Å². The van der Waals surface area contributed by atoms with Gasteiger partial charge in [-0.05, 0) is 23.8 Å². The second-order valence-corrected chi connectivity index (χ2v) is 6.90. The van der Waals surface area contributed by atoms with E-state index in [4.69, 9.17) is 27.9 Å². The lowest BCUT2D eigenvalue weighted by atomic mass is 10.2. The van der Waals surface area contributed by atoms with Gasteiger partial charge in [0, 0.05) is 31.9 Å². The number of benzene rings is 2. The number of urea groups is 1. The number of nitrogens with one attached hydrogen (secondary N) is 2. The van der Waals surface area contributed by atoms with Crippen molar-refractivity contribution < 1.29 is 9.53 Å². The van der Waals surface area contributed by atoms with Crippen LogP contribution in [0.2, 0.25) is 10.0 Å². The molecule has 0 bridgehead atoms. The van der Waals surface area contributed by atoms with E-state index < -0.39 is 0 Å². The van der Waals surface area contributed by atoms with Gasteiger partial charge in [0.25, 0.3) is 0 Å². The van der Waals surface area contributed by atoms with Crippen LogP contribution in [-0.4, -0.2) is 38.4 Å². The molecular formula is C19H21Cl2N3O2. The Balaban J connectivity index is 1.46. The van der Waals surface area contributed by atoms with Crippen molar-refractivity contribution in [1.82, 2.24) is 10.6 Å². The number of nitrogens with zero attached hydrogens (tertiary/aromatic N) is 1. The Morgan fingerprint density at radius 1 is 1.12 bits per heavy atom. The number of carbonyl (C=O) groups is 1. The number of anilines is 1. The summed E-state index contributed by atoms with van der Waals surface area (Å²) in [7, 11) is 0. The third-order valence-electron chi connectivity index (χ3n) is 4.19. The van der Waals surface area contributed by atoms with Crippen molar-refractivity contribution in [3.63, 3.8) is 0 Å². The molecule has 26 heavy (non-hydrogen) atoms. The van der Waals surface area contributed by atoms with Crippen molar-refractivity contribution in [3.8, 4) is 0 Å². The third-order valence-corrected chi connectivity index (χ3v) is 4.93. The molecule has 1 aliphatic rings. The van der Waals surface area contributed by atoms with Gasteiger partial charge in [0.05, 0.1) is 22.8 Å². The molecule has 3 rings (SSSR count). The molecule has 2 amide bonds. The molecule has 1 fully saturated rings. The number of morpholine rings is 1. The van der Waals surface area contributed by atoms with Crippen LogP contribution in [0, 0.1) is 0 Å². The van der Waals surface area contributed by atoms with E-state index in [0.717, 1.165) is 17.8 Å². The molecule has 1 heterocycles. The zero-order chi connectivity index (χ0) is 18.4. The molecular weight excluding hydrogens is 373 g/mol. The minimum atomic E-state index is -0.205. The normalized spacial score (nSPS) is 17.0. The lowest BCUT2D eigenvalue weighted by Crippen LogP contribution is -2.49. The summed E-state index contributed by atoms with van der Waals surface area (Å²) in [6.45, 7) is 2.98. The van der Waals surface area contributed by atoms with Gasteiger partial charge in [0.1, 0.15) is 0 Å². The molecule has 0 spiro atoms. The third kappa shape index (κ3) is 5.27. The van der Waals surface area contributed by atoms with Gasteiger partial charge in [-0.25, -0.2) is 4.79 Å². The average molecular weight is 394 g/mol. The summed E-state index contributed by atoms with van der Waals surface area (Å²) in [4.78, 5) is 14.1. The van der Waals surface area contributed by atoms with Crippen molar-refractivity contribution in [2.24, 2.45) is 0 Å². The van der Waals surface area contributed by atoms with Gasteiger partial charge < -0.3 is 20.3 Å². The quantitative estimate of drug-likeness (QED) is 0.813. The van der Waals surface area contributed by atoms with Crippen molar-refractivity contribution in [1.29, 1.82) is 0 Å². The van der Waals surface area contributed by atoms with Crippen LogP contribution < -0.4 is 15.5 Å². The molecule has 7 heteroatoms. The maximum atomic E-state index is 12.0. The second-order valence-electron chi connectivity index (χ2n) is 6.09. The summed E-state index contributed by atoms with van der Waals surface area (Å²) in [6.07, 6.45) is -0.0827. The van der Waals surface area contributed by atoms with Crippen LogP contribution in [0.5, 0.6) is 0 Å². The van der Waals surface area contributed by atoms with Gasteiger partial charge >= 0.3 is 6.03 Å². The Hall–Kier alpha value is -1.95. The van der Waals surface area contributed by atoms with Crippen LogP contribution >= 0.6 is 23.2 Å². The zero-order valence-electron chi connectivity index (χ0n) is 14.3. The average Bonchev–Trinajstić information content (AvgIpc) is 2.68. The summed E-state index contributed by atoms with van der Waals surface area (Å²) in [5, 5.41) is 6.78. The Labute approximate surface area is 163 Å². The van der Waals surface area contributed by atoms with Crippen LogP contribution in [0.4, 0.5) is 10.5 Å². The summed E-state index contributed by atoms with van der Waals surface area (Å²) in [5.74, 6) is 0. The Morgan fingerprint density at radius 2 is 1.92 bits per heavy atom. The van der Waals surface area contributed by atoms with Gasteiger partial charge in [-0.1, -0.05) is 53.5 Å². The molecule has 138 valence electrons. The van der Waals surface area contributed by atoms with E-state index in [-0.39, 0.29) is 12.1 Å². The van der Waals surface area contributed by atoms with Gasteiger partial charge in [-0.3, -0.25) is 0 Å². The van der Waals surface area contributed by atoms with Gasteiger partial charge in [0.2, 0.25) is 0 Å². The first-order valence-corrected chi connectivity index (χ1v) is 9.24. The van der Waals surface area contributed by atoms with Crippen LogP contribution in [0.1, 0.15) is 5.56 Å². The summed E-state index contributed by atoms with van der Waals surface area (Å²) in [6, 6.07) is 15.2. The van der Waals surface area contributed by atoms with Crippen molar-refractivity contribution in [2.45, 2.75) is 12.6 Å². The highest BCUT2D eigenvalue weighted by atomic mass is 35.5. The molecule has 1 atom stereocenters. The Morgan fingerprint density at radius 3 is 2.69 bits per heavy atom. The first kappa shape index (κ1) is 18.8. The van der Waals surface area contributed by atoms with E-state index in [0.29, 0.717) is 36.3 Å². The number of carbonyl (C=O) groups excluding carboxylic acids is 1. The maximum absolute atomic E-state index is 12.0. The molecule has 0 aromatic heterocycles. The first-order valence-electron chi connectivity index (χ1n) is 8.49. The van der Waals surface area contributed by atoms with Crippen LogP contribution in [-0.2, 0) is 11.3 Å². The van der Waals surface area contributed by atoms with Gasteiger partial charge in [0.15, 0.2) is 0 Å². The Kier molecular flexibility index (Phi) is 6.61. The van der Waals surface area contributed by atoms with Crippen molar-refractivity contribution in [3.05, 3.63) is 64.1 Å². The van der Waals surface area contributed by atoms with Gasteiger partial charge in [-0.2, -0.15) is 0 Å². The lowest BCUT2D eigenvalue weighted by molar-refractivity contribution is 0.0424. The minimum absolute atomic E-state index is 0.0827. The molecule has 0 aliphatic carbocycles. The summed E-state index contributed by atoms with van der Waals surface area (Å²) < 4.78 is 5.75. The Bertz CT molecular complexity index is 743. The fraction of sp³-hybridized carbons (Fsp3) is 0.316. The monoisotopic (exact) mass is 393 g/mol. The SMILES string of the molecule is O=C(NCc1ccccc1)NC[C@H]1CN(c2ccc(Cl)c(Cl)c2)CCO1. The molecule has 1 aliphatic heterocycles. The number of ether oxygens (including phenoxy) is 1. The van der Waals surface area contributed by atoms with E-state index in [1.807, 2.05) is 42.5 Å². The second kappa shape index (κ2) is 9.12. The highest BCUT2D eigenvalue weighted by Gasteiger charge is 2.21. The van der Waals surface area contributed by atoms with Crippen LogP contribution in [0.3, 0.4) is 0 Å². The molecule has 0 radical (unpaired) electrons. The summed E-state index contributed by atoms with van der Waals surface area (Å²) >= 11 is 12.1. The molecule has 2 aromatic rings. The van der Waals surface area contributed by atoms with E-state index in [1.54, 1.807) is 6.07 Å². The largest absolute Gasteiger partial charge is 0.373 e. The predicted molar refractivity (Wildman–Crippen MR) is 105 cm³/mol. The number of amides is 2. The summed E-state index contributed by atoms with van der Waals surface area (Å²) in [5.41, 5.74) is 2.06. The number of halogens is 2. The number of hydrogen-bond donors (Lipinski definition) is 2. The van der Waals surface area contributed by atoms with Crippen molar-refractivity contribution in [2.75, 3.05) is 31.1 Å². The zero-order valence-corrected chi connectivity index (χ0v) is 15.8. The topological polar surface area (TPSA) is 53.6 Å². The highest BCUT2D eigenvalue weighted by molar-refractivity contribution is 6.42. The first-order chi connectivity index (χ1) is 12.6. The van der Waals surface area contributed by atoms with E-state index in [2.05, 4.69) is 15.5 Å². The molecule has 0 unspecified atom stereocenters. The van der Waals surface area contributed by atoms with E-state index in [9.17, 15) is 4.79 Å². The molecule has 0 saturated carbocycles. The van der Waals surface area contributed by atoms with Crippen LogP contribution in [0.25, 0.3) is 0 Å². The number of rotatable bonds is 5. The molecule has 1 saturated heterocycles.